The van der Waals surface area contributed by atoms with Crippen LogP contribution in [-0.4, -0.2) is 48.5 Å². The van der Waals surface area contributed by atoms with E-state index in [9.17, 15) is 5.11 Å². The van der Waals surface area contributed by atoms with Crippen LogP contribution in [0.5, 0.6) is 0 Å². The number of aliphatic hydroxyl groups is 2. The summed E-state index contributed by atoms with van der Waals surface area (Å²) in [5.41, 5.74) is 5.49. The summed E-state index contributed by atoms with van der Waals surface area (Å²) in [5, 5.41) is 17.9. The van der Waals surface area contributed by atoms with Crippen molar-refractivity contribution in [1.82, 2.24) is 0 Å². The maximum absolute atomic E-state index is 9.27. The molecular formula is C6H13NO4. The molecule has 4 atom stereocenters. The van der Waals surface area contributed by atoms with Crippen molar-refractivity contribution >= 4 is 0 Å². The highest BCUT2D eigenvalue weighted by molar-refractivity contribution is 4.88. The predicted molar refractivity (Wildman–Crippen MR) is 36.7 cm³/mol. The van der Waals surface area contributed by atoms with E-state index in [-0.39, 0.29) is 6.61 Å². The zero-order valence-electron chi connectivity index (χ0n) is 6.30. The molecule has 5 heteroatoms. The molecule has 1 saturated heterocycles. The highest BCUT2D eigenvalue weighted by atomic mass is 16.7. The summed E-state index contributed by atoms with van der Waals surface area (Å²) in [6.07, 6.45) is -2.07. The monoisotopic (exact) mass is 163 g/mol. The van der Waals surface area contributed by atoms with E-state index < -0.39 is 24.5 Å². The Morgan fingerprint density at radius 3 is 2.55 bits per heavy atom. The number of nitrogens with two attached hydrogens (primary N) is 1. The molecular weight excluding hydrogens is 150 g/mol. The quantitative estimate of drug-likeness (QED) is 0.440. The maximum atomic E-state index is 9.27. The molecule has 0 spiro atoms. The van der Waals surface area contributed by atoms with E-state index in [0.717, 1.165) is 0 Å². The van der Waals surface area contributed by atoms with Crippen LogP contribution in [0.3, 0.4) is 0 Å². The minimum absolute atomic E-state index is 0.241. The van der Waals surface area contributed by atoms with Crippen molar-refractivity contribution in [3.63, 3.8) is 0 Å². The van der Waals surface area contributed by atoms with Crippen LogP contribution in [0.4, 0.5) is 0 Å². The Bertz CT molecular complexity index is 114. The molecule has 1 aliphatic heterocycles. The standard InChI is InChI=1S/C6H13NO4/c1-10-6-4(7)5(9)3(2-8)11-6/h3-6,8-9H,2,7H2,1H3/t3-,4+,5+,6+/m1/s1. The fraction of sp³-hybridized carbons (Fsp3) is 1.00. The molecule has 5 nitrogen and oxygen atoms in total. The van der Waals surface area contributed by atoms with Gasteiger partial charge in [-0.1, -0.05) is 0 Å². The van der Waals surface area contributed by atoms with Crippen molar-refractivity contribution in [1.29, 1.82) is 0 Å². The third kappa shape index (κ3) is 1.52. The van der Waals surface area contributed by atoms with Gasteiger partial charge in [-0.15, -0.1) is 0 Å². The minimum atomic E-state index is -0.843. The van der Waals surface area contributed by atoms with Crippen molar-refractivity contribution in [3.05, 3.63) is 0 Å². The normalized spacial score (nSPS) is 44.7. The topological polar surface area (TPSA) is 84.9 Å². The van der Waals surface area contributed by atoms with Gasteiger partial charge in [-0.25, -0.2) is 0 Å². The maximum Gasteiger partial charge on any atom is 0.175 e. The van der Waals surface area contributed by atoms with Crippen LogP contribution in [0.25, 0.3) is 0 Å². The van der Waals surface area contributed by atoms with E-state index in [2.05, 4.69) is 0 Å². The highest BCUT2D eigenvalue weighted by Gasteiger charge is 2.41. The number of rotatable bonds is 2. The molecule has 1 aliphatic rings. The van der Waals surface area contributed by atoms with E-state index in [1.807, 2.05) is 0 Å². The van der Waals surface area contributed by atoms with Gasteiger partial charge in [0.15, 0.2) is 6.29 Å². The minimum Gasteiger partial charge on any atom is -0.394 e. The second kappa shape index (κ2) is 3.46. The lowest BCUT2D eigenvalue weighted by molar-refractivity contribution is -0.130. The van der Waals surface area contributed by atoms with Crippen molar-refractivity contribution in [2.45, 2.75) is 24.5 Å². The molecule has 1 heterocycles. The average molecular weight is 163 g/mol. The van der Waals surface area contributed by atoms with Gasteiger partial charge in [0.1, 0.15) is 12.2 Å². The molecule has 0 saturated carbocycles. The third-order valence-corrected chi connectivity index (χ3v) is 1.81. The molecule has 0 aromatic heterocycles. The first-order valence-corrected chi connectivity index (χ1v) is 3.43. The molecule has 11 heavy (non-hydrogen) atoms. The van der Waals surface area contributed by atoms with Gasteiger partial charge < -0.3 is 25.4 Å². The zero-order valence-corrected chi connectivity index (χ0v) is 6.30. The summed E-state index contributed by atoms with van der Waals surface area (Å²) in [7, 11) is 1.44. The Morgan fingerprint density at radius 1 is 1.64 bits per heavy atom. The van der Waals surface area contributed by atoms with Gasteiger partial charge in [0.25, 0.3) is 0 Å². The Balaban J connectivity index is 2.53. The molecule has 0 unspecified atom stereocenters. The number of methoxy groups -OCH3 is 1. The number of hydrogen-bond acceptors (Lipinski definition) is 5. The van der Waals surface area contributed by atoms with Crippen LogP contribution >= 0.6 is 0 Å². The summed E-state index contributed by atoms with van der Waals surface area (Å²) < 4.78 is 9.84. The van der Waals surface area contributed by atoms with E-state index in [1.54, 1.807) is 0 Å². The van der Waals surface area contributed by atoms with Crippen LogP contribution < -0.4 is 5.73 Å². The van der Waals surface area contributed by atoms with Gasteiger partial charge in [-0.2, -0.15) is 0 Å². The van der Waals surface area contributed by atoms with E-state index in [1.165, 1.54) is 7.11 Å². The van der Waals surface area contributed by atoms with Crippen molar-refractivity contribution in [3.8, 4) is 0 Å². The van der Waals surface area contributed by atoms with Crippen molar-refractivity contribution in [2.75, 3.05) is 13.7 Å². The highest BCUT2D eigenvalue weighted by Crippen LogP contribution is 2.19. The fourth-order valence-electron chi connectivity index (χ4n) is 1.12. The van der Waals surface area contributed by atoms with Crippen molar-refractivity contribution < 1.29 is 19.7 Å². The number of ether oxygens (including phenoxy) is 2. The SMILES string of the molecule is CO[C@H]1O[C@H](CO)[C@H](O)[C@@H]1N. The molecule has 0 aliphatic carbocycles. The average Bonchev–Trinajstić information content (AvgIpc) is 2.30. The Labute approximate surface area is 64.7 Å². The van der Waals surface area contributed by atoms with Crippen LogP contribution in [0, 0.1) is 0 Å². The smallest absolute Gasteiger partial charge is 0.175 e. The lowest BCUT2D eigenvalue weighted by Crippen LogP contribution is -2.41. The summed E-state index contributed by atoms with van der Waals surface area (Å²) in [5.74, 6) is 0. The zero-order chi connectivity index (χ0) is 8.43. The van der Waals surface area contributed by atoms with Crippen LogP contribution in [0.1, 0.15) is 0 Å². The molecule has 66 valence electrons. The molecule has 0 aromatic carbocycles. The number of aliphatic hydroxyl groups excluding tert-OH is 2. The van der Waals surface area contributed by atoms with E-state index in [0.29, 0.717) is 0 Å². The van der Waals surface area contributed by atoms with Gasteiger partial charge in [-0.05, 0) is 0 Å². The molecule has 0 amide bonds. The van der Waals surface area contributed by atoms with E-state index >= 15 is 0 Å². The lowest BCUT2D eigenvalue weighted by atomic mass is 10.1. The van der Waals surface area contributed by atoms with Gasteiger partial charge >= 0.3 is 0 Å². The van der Waals surface area contributed by atoms with Crippen LogP contribution in [0.15, 0.2) is 0 Å². The molecule has 0 radical (unpaired) electrons. The van der Waals surface area contributed by atoms with Gasteiger partial charge in [0, 0.05) is 7.11 Å². The van der Waals surface area contributed by atoms with Crippen LogP contribution in [0.2, 0.25) is 0 Å². The summed E-state index contributed by atoms with van der Waals surface area (Å²) >= 11 is 0. The Morgan fingerprint density at radius 2 is 2.27 bits per heavy atom. The number of hydrogen-bond donors (Lipinski definition) is 3. The predicted octanol–water partition coefficient (Wildman–Crippen LogP) is -1.96. The molecule has 1 fully saturated rings. The van der Waals surface area contributed by atoms with E-state index in [4.69, 9.17) is 20.3 Å². The fourth-order valence-corrected chi connectivity index (χ4v) is 1.12. The second-order valence-electron chi connectivity index (χ2n) is 2.53. The molecule has 1 rings (SSSR count). The van der Waals surface area contributed by atoms with Crippen molar-refractivity contribution in [2.24, 2.45) is 5.73 Å². The molecule has 4 N–H and O–H groups in total. The Kier molecular flexibility index (Phi) is 2.80. The third-order valence-electron chi connectivity index (χ3n) is 1.81. The second-order valence-corrected chi connectivity index (χ2v) is 2.53. The summed E-state index contributed by atoms with van der Waals surface area (Å²) in [4.78, 5) is 0. The molecule has 0 aromatic rings. The lowest BCUT2D eigenvalue weighted by Gasteiger charge is -2.12. The molecule has 0 bridgehead atoms. The van der Waals surface area contributed by atoms with Crippen LogP contribution in [-0.2, 0) is 9.47 Å². The van der Waals surface area contributed by atoms with Gasteiger partial charge in [-0.3, -0.25) is 0 Å². The first-order chi connectivity index (χ1) is 5.20. The summed E-state index contributed by atoms with van der Waals surface area (Å²) in [6.45, 7) is -0.241. The summed E-state index contributed by atoms with van der Waals surface area (Å²) in [6, 6.07) is -0.572. The first kappa shape index (κ1) is 8.89. The first-order valence-electron chi connectivity index (χ1n) is 3.43. The largest absolute Gasteiger partial charge is 0.394 e. The van der Waals surface area contributed by atoms with Gasteiger partial charge in [0.2, 0.25) is 0 Å². The van der Waals surface area contributed by atoms with Gasteiger partial charge in [0.05, 0.1) is 12.6 Å². The Hall–Kier alpha value is -0.200.